The molecule has 1 fully saturated rings. The Kier molecular flexibility index (Phi) is 5.94. The van der Waals surface area contributed by atoms with E-state index in [0.717, 1.165) is 24.8 Å². The minimum atomic E-state index is 0.111. The molecule has 102 valence electrons. The average molecular weight is 241 g/mol. The lowest BCUT2D eigenvalue weighted by atomic mass is 9.83. The van der Waals surface area contributed by atoms with Gasteiger partial charge >= 0.3 is 0 Å². The summed E-state index contributed by atoms with van der Waals surface area (Å²) in [6.45, 7) is 13.0. The fraction of sp³-hybridized carbons (Fsp3) is 1.00. The lowest BCUT2D eigenvalue weighted by molar-refractivity contribution is 0.0573. The summed E-state index contributed by atoms with van der Waals surface area (Å²) in [7, 11) is 0. The molecule has 0 aromatic carbocycles. The highest BCUT2D eigenvalue weighted by molar-refractivity contribution is 4.81. The Labute approximate surface area is 107 Å². The lowest BCUT2D eigenvalue weighted by Crippen LogP contribution is -2.43. The van der Waals surface area contributed by atoms with E-state index in [9.17, 15) is 5.11 Å². The van der Waals surface area contributed by atoms with Crippen molar-refractivity contribution in [2.45, 2.75) is 53.4 Å². The van der Waals surface area contributed by atoms with Crippen LogP contribution in [0.15, 0.2) is 0 Å². The minimum absolute atomic E-state index is 0.111. The molecule has 2 nitrogen and oxygen atoms in total. The highest BCUT2D eigenvalue weighted by Gasteiger charge is 2.28. The van der Waals surface area contributed by atoms with Gasteiger partial charge in [-0.25, -0.2) is 0 Å². The Hall–Kier alpha value is -0.0800. The van der Waals surface area contributed by atoms with Gasteiger partial charge in [0.2, 0.25) is 0 Å². The monoisotopic (exact) mass is 241 g/mol. The summed E-state index contributed by atoms with van der Waals surface area (Å²) in [5.41, 5.74) is 0.111. The van der Waals surface area contributed by atoms with E-state index in [1.165, 1.54) is 32.4 Å². The number of hydrogen-bond acceptors (Lipinski definition) is 2. The third kappa shape index (κ3) is 4.59. The predicted octanol–water partition coefficient (Wildman–Crippen LogP) is 3.15. The van der Waals surface area contributed by atoms with Crippen LogP contribution in [0.2, 0.25) is 0 Å². The molecule has 1 aliphatic rings. The Morgan fingerprint density at radius 1 is 1.29 bits per heavy atom. The van der Waals surface area contributed by atoms with Crippen LogP contribution in [0.4, 0.5) is 0 Å². The first-order chi connectivity index (χ1) is 8.00. The fourth-order valence-corrected chi connectivity index (χ4v) is 3.13. The zero-order valence-electron chi connectivity index (χ0n) is 12.2. The number of piperidine rings is 1. The first kappa shape index (κ1) is 15.0. The van der Waals surface area contributed by atoms with Crippen LogP contribution in [0.25, 0.3) is 0 Å². The second-order valence-electron chi connectivity index (χ2n) is 6.58. The molecule has 1 atom stereocenters. The molecule has 0 bridgehead atoms. The smallest absolute Gasteiger partial charge is 0.0497 e. The summed E-state index contributed by atoms with van der Waals surface area (Å²) in [6, 6.07) is 0. The molecule has 1 saturated heterocycles. The molecule has 1 heterocycles. The van der Waals surface area contributed by atoms with E-state index in [1.807, 2.05) is 0 Å². The van der Waals surface area contributed by atoms with Gasteiger partial charge in [-0.15, -0.1) is 0 Å². The molecule has 2 heteroatoms. The van der Waals surface area contributed by atoms with Gasteiger partial charge in [0.05, 0.1) is 0 Å². The molecule has 0 radical (unpaired) electrons. The van der Waals surface area contributed by atoms with Crippen molar-refractivity contribution in [1.29, 1.82) is 0 Å². The van der Waals surface area contributed by atoms with Crippen molar-refractivity contribution in [3.63, 3.8) is 0 Å². The number of aliphatic hydroxyl groups excluding tert-OH is 1. The Balaban J connectivity index is 2.38. The zero-order chi connectivity index (χ0) is 12.9. The maximum atomic E-state index is 9.56. The summed E-state index contributed by atoms with van der Waals surface area (Å²) < 4.78 is 0. The highest BCUT2D eigenvalue weighted by Crippen LogP contribution is 2.29. The molecule has 1 aliphatic heterocycles. The van der Waals surface area contributed by atoms with Gasteiger partial charge in [0.15, 0.2) is 0 Å². The predicted molar refractivity (Wildman–Crippen MR) is 74.1 cm³/mol. The van der Waals surface area contributed by atoms with E-state index in [4.69, 9.17) is 0 Å². The maximum absolute atomic E-state index is 9.56. The quantitative estimate of drug-likeness (QED) is 0.772. The molecule has 0 spiro atoms. The number of nitrogens with zero attached hydrogens (tertiary/aromatic N) is 1. The maximum Gasteiger partial charge on any atom is 0.0497 e. The summed E-state index contributed by atoms with van der Waals surface area (Å²) in [5, 5.41) is 9.56. The van der Waals surface area contributed by atoms with Gasteiger partial charge in [-0.1, -0.05) is 34.1 Å². The van der Waals surface area contributed by atoms with E-state index >= 15 is 0 Å². The second-order valence-corrected chi connectivity index (χ2v) is 6.58. The first-order valence-electron chi connectivity index (χ1n) is 7.34. The molecule has 0 aromatic heterocycles. The van der Waals surface area contributed by atoms with Gasteiger partial charge in [0.1, 0.15) is 0 Å². The van der Waals surface area contributed by atoms with Crippen molar-refractivity contribution >= 4 is 0 Å². The van der Waals surface area contributed by atoms with Crippen LogP contribution in [0.1, 0.15) is 53.4 Å². The Morgan fingerprint density at radius 3 is 2.29 bits per heavy atom. The van der Waals surface area contributed by atoms with Crippen LogP contribution >= 0.6 is 0 Å². The molecule has 1 unspecified atom stereocenters. The molecule has 17 heavy (non-hydrogen) atoms. The van der Waals surface area contributed by atoms with Crippen molar-refractivity contribution < 1.29 is 5.11 Å². The summed E-state index contributed by atoms with van der Waals surface area (Å²) in [4.78, 5) is 2.56. The van der Waals surface area contributed by atoms with E-state index in [2.05, 4.69) is 32.6 Å². The molecule has 0 aromatic rings. The van der Waals surface area contributed by atoms with Crippen molar-refractivity contribution in [1.82, 2.24) is 4.90 Å². The van der Waals surface area contributed by atoms with Gasteiger partial charge in [-0.05, 0) is 44.2 Å². The number of rotatable bonds is 6. The zero-order valence-corrected chi connectivity index (χ0v) is 12.2. The molecule has 1 rings (SSSR count). The molecular formula is C15H31NO. The lowest BCUT2D eigenvalue weighted by Gasteiger charge is -2.39. The molecule has 0 amide bonds. The van der Waals surface area contributed by atoms with Crippen molar-refractivity contribution in [2.24, 2.45) is 17.3 Å². The summed E-state index contributed by atoms with van der Waals surface area (Å²) in [6.07, 6.45) is 4.98. The van der Waals surface area contributed by atoms with Crippen molar-refractivity contribution in [2.75, 3.05) is 26.2 Å². The molecular weight excluding hydrogens is 210 g/mol. The van der Waals surface area contributed by atoms with E-state index in [0.29, 0.717) is 6.61 Å². The van der Waals surface area contributed by atoms with E-state index in [-0.39, 0.29) is 5.41 Å². The Morgan fingerprint density at radius 2 is 1.88 bits per heavy atom. The van der Waals surface area contributed by atoms with Crippen LogP contribution in [0.3, 0.4) is 0 Å². The largest absolute Gasteiger partial charge is 0.396 e. The third-order valence-electron chi connectivity index (χ3n) is 4.42. The topological polar surface area (TPSA) is 23.5 Å². The van der Waals surface area contributed by atoms with Crippen LogP contribution in [0, 0.1) is 17.3 Å². The van der Waals surface area contributed by atoms with Gasteiger partial charge in [-0.2, -0.15) is 0 Å². The van der Waals surface area contributed by atoms with Crippen molar-refractivity contribution in [3.8, 4) is 0 Å². The van der Waals surface area contributed by atoms with Crippen molar-refractivity contribution in [3.05, 3.63) is 0 Å². The van der Waals surface area contributed by atoms with E-state index in [1.54, 1.807) is 0 Å². The molecule has 1 N–H and O–H groups in total. The fourth-order valence-electron chi connectivity index (χ4n) is 3.13. The van der Waals surface area contributed by atoms with Crippen LogP contribution < -0.4 is 0 Å². The van der Waals surface area contributed by atoms with Gasteiger partial charge < -0.3 is 10.0 Å². The standard InChI is InChI=1S/C15H31NO/c1-5-8-15(4,12-17)11-16-9-6-14(7-10-16)13(2)3/h13-14,17H,5-12H2,1-4H3. The van der Waals surface area contributed by atoms with Gasteiger partial charge in [-0.3, -0.25) is 0 Å². The number of hydrogen-bond donors (Lipinski definition) is 1. The Bertz CT molecular complexity index is 209. The first-order valence-corrected chi connectivity index (χ1v) is 7.34. The van der Waals surface area contributed by atoms with Gasteiger partial charge in [0.25, 0.3) is 0 Å². The summed E-state index contributed by atoms with van der Waals surface area (Å²) >= 11 is 0. The van der Waals surface area contributed by atoms with Crippen LogP contribution in [-0.4, -0.2) is 36.2 Å². The summed E-state index contributed by atoms with van der Waals surface area (Å²) in [5.74, 6) is 1.75. The van der Waals surface area contributed by atoms with Crippen LogP contribution in [0.5, 0.6) is 0 Å². The minimum Gasteiger partial charge on any atom is -0.396 e. The third-order valence-corrected chi connectivity index (χ3v) is 4.42. The number of likely N-dealkylation sites (tertiary alicyclic amines) is 1. The normalized spacial score (nSPS) is 22.9. The second kappa shape index (κ2) is 6.75. The SMILES string of the molecule is CCCC(C)(CO)CN1CCC(C(C)C)CC1. The van der Waals surface area contributed by atoms with Crippen LogP contribution in [-0.2, 0) is 0 Å². The average Bonchev–Trinajstić information content (AvgIpc) is 2.30. The van der Waals surface area contributed by atoms with E-state index < -0.39 is 0 Å². The highest BCUT2D eigenvalue weighted by atomic mass is 16.3. The van der Waals surface area contributed by atoms with Gasteiger partial charge in [0, 0.05) is 18.6 Å². The molecule has 0 saturated carbocycles. The number of aliphatic hydroxyl groups is 1. The molecule has 0 aliphatic carbocycles.